The number of allylic oxidation sites excluding steroid dienone is 2. The van der Waals surface area contributed by atoms with Crippen LogP contribution < -0.4 is 0 Å². The summed E-state index contributed by atoms with van der Waals surface area (Å²) in [4.78, 5) is 0. The molecule has 0 amide bonds. The van der Waals surface area contributed by atoms with Crippen LogP contribution in [0.4, 0.5) is 0 Å². The summed E-state index contributed by atoms with van der Waals surface area (Å²) in [6.07, 6.45) is 7.87. The highest BCUT2D eigenvalue weighted by Crippen LogP contribution is 2.18. The van der Waals surface area contributed by atoms with Crippen molar-refractivity contribution in [2.75, 3.05) is 19.8 Å². The van der Waals surface area contributed by atoms with E-state index in [1.807, 2.05) is 6.92 Å². The van der Waals surface area contributed by atoms with Crippen LogP contribution in [0, 0.1) is 0 Å². The van der Waals surface area contributed by atoms with Crippen LogP contribution >= 0.6 is 0 Å². The summed E-state index contributed by atoms with van der Waals surface area (Å²) >= 11 is 0. The normalized spacial score (nSPS) is 30.1. The van der Waals surface area contributed by atoms with Gasteiger partial charge in [0.05, 0.1) is 13.2 Å². The van der Waals surface area contributed by atoms with E-state index in [2.05, 4.69) is 12.2 Å². The predicted octanol–water partition coefficient (Wildman–Crippen LogP) is 1.40. The molecule has 4 atom stereocenters. The van der Waals surface area contributed by atoms with Crippen molar-refractivity contribution in [1.29, 1.82) is 0 Å². The third-order valence-electron chi connectivity index (χ3n) is 3.85. The monoisotopic (exact) mass is 302 g/mol. The molecule has 0 saturated carbocycles. The Bertz CT molecular complexity index is 282. The fraction of sp³-hybridized carbons (Fsp3) is 0.875. The van der Waals surface area contributed by atoms with Crippen LogP contribution in [0.2, 0.25) is 0 Å². The zero-order valence-electron chi connectivity index (χ0n) is 13.0. The van der Waals surface area contributed by atoms with E-state index in [4.69, 9.17) is 14.6 Å². The fourth-order valence-corrected chi connectivity index (χ4v) is 2.46. The van der Waals surface area contributed by atoms with Crippen LogP contribution in [0.5, 0.6) is 0 Å². The molecule has 0 aliphatic carbocycles. The highest BCUT2D eigenvalue weighted by Gasteiger charge is 2.38. The van der Waals surface area contributed by atoms with Crippen molar-refractivity contribution in [3.05, 3.63) is 12.2 Å². The van der Waals surface area contributed by atoms with E-state index >= 15 is 0 Å². The summed E-state index contributed by atoms with van der Waals surface area (Å²) in [7, 11) is 0. The number of aliphatic hydroxyl groups excluding tert-OH is 3. The number of rotatable bonds is 10. The van der Waals surface area contributed by atoms with Crippen molar-refractivity contribution in [3.63, 3.8) is 0 Å². The molecule has 1 heterocycles. The summed E-state index contributed by atoms with van der Waals surface area (Å²) in [6.45, 7) is 2.53. The summed E-state index contributed by atoms with van der Waals surface area (Å²) in [5.41, 5.74) is 0. The summed E-state index contributed by atoms with van der Waals surface area (Å²) < 4.78 is 10.8. The van der Waals surface area contributed by atoms with E-state index in [-0.39, 0.29) is 13.2 Å². The van der Waals surface area contributed by atoms with E-state index in [9.17, 15) is 10.2 Å². The van der Waals surface area contributed by atoms with Gasteiger partial charge < -0.3 is 24.8 Å². The molecule has 0 aromatic rings. The second-order valence-corrected chi connectivity index (χ2v) is 5.57. The van der Waals surface area contributed by atoms with Gasteiger partial charge in [-0.25, -0.2) is 0 Å². The van der Waals surface area contributed by atoms with Crippen LogP contribution in [-0.2, 0) is 9.47 Å². The highest BCUT2D eigenvalue weighted by molar-refractivity contribution is 4.87. The zero-order chi connectivity index (χ0) is 15.5. The summed E-state index contributed by atoms with van der Waals surface area (Å²) in [5, 5.41) is 28.6. The summed E-state index contributed by atoms with van der Waals surface area (Å²) in [5.74, 6) is 0. The Morgan fingerprint density at radius 3 is 2.52 bits per heavy atom. The molecular weight excluding hydrogens is 272 g/mol. The van der Waals surface area contributed by atoms with Gasteiger partial charge in [0.1, 0.15) is 24.4 Å². The second kappa shape index (κ2) is 11.2. The van der Waals surface area contributed by atoms with Gasteiger partial charge in [0, 0.05) is 6.61 Å². The Balaban J connectivity index is 2.02. The molecule has 124 valence electrons. The van der Waals surface area contributed by atoms with Gasteiger partial charge in [-0.05, 0) is 26.2 Å². The number of hydrogen-bond donors (Lipinski definition) is 3. The lowest BCUT2D eigenvalue weighted by atomic mass is 10.0. The van der Waals surface area contributed by atoms with Crippen molar-refractivity contribution in [1.82, 2.24) is 0 Å². The minimum atomic E-state index is -1.08. The topological polar surface area (TPSA) is 79.2 Å². The molecule has 1 aliphatic rings. The van der Waals surface area contributed by atoms with E-state index < -0.39 is 24.4 Å². The van der Waals surface area contributed by atoms with Gasteiger partial charge in [-0.2, -0.15) is 0 Å². The molecule has 0 radical (unpaired) electrons. The Kier molecular flexibility index (Phi) is 9.87. The second-order valence-electron chi connectivity index (χ2n) is 5.57. The smallest absolute Gasteiger partial charge is 0.111 e. The molecule has 1 saturated heterocycles. The van der Waals surface area contributed by atoms with Gasteiger partial charge in [0.15, 0.2) is 0 Å². The molecule has 0 unspecified atom stereocenters. The minimum Gasteiger partial charge on any atom is -0.394 e. The van der Waals surface area contributed by atoms with Crippen LogP contribution in [0.1, 0.15) is 45.4 Å². The van der Waals surface area contributed by atoms with Gasteiger partial charge in [-0.15, -0.1) is 0 Å². The number of unbranched alkanes of at least 4 members (excludes halogenated alkanes) is 5. The van der Waals surface area contributed by atoms with Crippen molar-refractivity contribution in [2.24, 2.45) is 0 Å². The largest absolute Gasteiger partial charge is 0.394 e. The van der Waals surface area contributed by atoms with Crippen LogP contribution in [-0.4, -0.2) is 59.6 Å². The maximum atomic E-state index is 9.89. The van der Waals surface area contributed by atoms with E-state index in [0.717, 1.165) is 19.3 Å². The van der Waals surface area contributed by atoms with E-state index in [1.165, 1.54) is 19.3 Å². The predicted molar refractivity (Wildman–Crippen MR) is 81.1 cm³/mol. The van der Waals surface area contributed by atoms with Crippen molar-refractivity contribution in [3.8, 4) is 0 Å². The average molecular weight is 302 g/mol. The molecule has 0 bridgehead atoms. The lowest BCUT2D eigenvalue weighted by Gasteiger charge is -2.36. The van der Waals surface area contributed by atoms with Crippen LogP contribution in [0.25, 0.3) is 0 Å². The molecule has 5 nitrogen and oxygen atoms in total. The highest BCUT2D eigenvalue weighted by atomic mass is 16.6. The quantitative estimate of drug-likeness (QED) is 0.420. The Hall–Kier alpha value is -0.460. The van der Waals surface area contributed by atoms with Crippen molar-refractivity contribution in [2.45, 2.75) is 69.9 Å². The maximum Gasteiger partial charge on any atom is 0.111 e. The van der Waals surface area contributed by atoms with Crippen LogP contribution in [0.3, 0.4) is 0 Å². The Morgan fingerprint density at radius 2 is 1.81 bits per heavy atom. The zero-order valence-corrected chi connectivity index (χ0v) is 13.0. The fourth-order valence-electron chi connectivity index (χ4n) is 2.46. The van der Waals surface area contributed by atoms with E-state index in [0.29, 0.717) is 6.61 Å². The van der Waals surface area contributed by atoms with Gasteiger partial charge in [-0.1, -0.05) is 31.4 Å². The first-order valence-corrected chi connectivity index (χ1v) is 8.02. The molecule has 1 fully saturated rings. The van der Waals surface area contributed by atoms with Gasteiger partial charge in [-0.3, -0.25) is 0 Å². The third-order valence-corrected chi connectivity index (χ3v) is 3.85. The first-order valence-electron chi connectivity index (χ1n) is 8.02. The summed E-state index contributed by atoms with van der Waals surface area (Å²) in [6, 6.07) is 0. The number of hydrogen-bond acceptors (Lipinski definition) is 5. The standard InChI is InChI=1S/C16H30O5/c1-2-3-4-5-6-7-8-9-10-20-14-12-21-13(11-17)15(18)16(14)19/h2-3,13-19H,4-12H2,1H3/b3-2+/t13-,14+,15-,16-/m1/s1. The molecule has 5 heteroatoms. The molecule has 3 N–H and O–H groups in total. The van der Waals surface area contributed by atoms with Gasteiger partial charge in [0.25, 0.3) is 0 Å². The lowest BCUT2D eigenvalue weighted by Crippen LogP contribution is -2.55. The maximum absolute atomic E-state index is 9.89. The minimum absolute atomic E-state index is 0.215. The third kappa shape index (κ3) is 6.89. The molecular formula is C16H30O5. The average Bonchev–Trinajstić information content (AvgIpc) is 2.50. The van der Waals surface area contributed by atoms with Crippen LogP contribution in [0.15, 0.2) is 12.2 Å². The number of ether oxygens (including phenoxy) is 2. The van der Waals surface area contributed by atoms with Crippen molar-refractivity contribution < 1.29 is 24.8 Å². The first-order chi connectivity index (χ1) is 10.2. The Morgan fingerprint density at radius 1 is 1.10 bits per heavy atom. The number of aliphatic hydroxyl groups is 3. The molecule has 0 aromatic heterocycles. The molecule has 1 rings (SSSR count). The molecule has 0 aromatic carbocycles. The molecule has 0 spiro atoms. The first kappa shape index (κ1) is 18.6. The molecule has 1 aliphatic heterocycles. The van der Waals surface area contributed by atoms with Gasteiger partial charge in [0.2, 0.25) is 0 Å². The lowest BCUT2D eigenvalue weighted by molar-refractivity contribution is -0.208. The van der Waals surface area contributed by atoms with E-state index in [1.54, 1.807) is 0 Å². The van der Waals surface area contributed by atoms with Crippen molar-refractivity contribution >= 4 is 0 Å². The van der Waals surface area contributed by atoms with Gasteiger partial charge >= 0.3 is 0 Å². The molecule has 21 heavy (non-hydrogen) atoms. The Labute approximate surface area is 127 Å². The SMILES string of the molecule is C/C=C/CCCCCCCO[C@H]1CO[C@H](CO)[C@@H](O)[C@@H]1O.